The van der Waals surface area contributed by atoms with Gasteiger partial charge in [-0.3, -0.25) is 15.0 Å². The second kappa shape index (κ2) is 7.50. The van der Waals surface area contributed by atoms with Gasteiger partial charge in [-0.25, -0.2) is 0 Å². The molecule has 0 radical (unpaired) electrons. The number of hydrogen-bond acceptors (Lipinski definition) is 6. The van der Waals surface area contributed by atoms with Gasteiger partial charge in [-0.15, -0.1) is 0 Å². The van der Waals surface area contributed by atoms with Crippen LogP contribution in [0.15, 0.2) is 0 Å². The zero-order chi connectivity index (χ0) is 17.7. The first-order chi connectivity index (χ1) is 9.80. The van der Waals surface area contributed by atoms with Crippen LogP contribution in [0.25, 0.3) is 0 Å². The van der Waals surface area contributed by atoms with Gasteiger partial charge in [-0.05, 0) is 25.7 Å². The van der Waals surface area contributed by atoms with E-state index in [-0.39, 0.29) is 5.41 Å². The highest BCUT2D eigenvalue weighted by Crippen LogP contribution is 2.21. The lowest BCUT2D eigenvalue weighted by atomic mass is 9.71. The Balaban J connectivity index is 4.94. The Morgan fingerprint density at radius 1 is 1.23 bits per heavy atom. The largest absolute Gasteiger partial charge is 0.475 e. The number of amides is 2. The van der Waals surface area contributed by atoms with Gasteiger partial charge in [0.2, 0.25) is 5.91 Å². The van der Waals surface area contributed by atoms with E-state index in [1.165, 1.54) is 13.8 Å². The van der Waals surface area contributed by atoms with Crippen molar-refractivity contribution >= 4 is 30.9 Å². The smallest absolute Gasteiger partial charge is 0.426 e. The highest BCUT2D eigenvalue weighted by atomic mass is 16.4. The Morgan fingerprint density at radius 3 is 2.09 bits per heavy atom. The molecule has 22 heavy (non-hydrogen) atoms. The van der Waals surface area contributed by atoms with Gasteiger partial charge >= 0.3 is 7.12 Å². The quantitative estimate of drug-likeness (QED) is 0.277. The maximum Gasteiger partial charge on any atom is 0.475 e. The molecule has 8 nitrogen and oxygen atoms in total. The summed E-state index contributed by atoms with van der Waals surface area (Å²) in [5.74, 6) is -2.35. The molecule has 0 saturated carbocycles. The van der Waals surface area contributed by atoms with E-state index >= 15 is 0 Å². The average molecular weight is 312 g/mol. The van der Waals surface area contributed by atoms with E-state index in [4.69, 9.17) is 10.8 Å². The topological polar surface area (TPSA) is 146 Å². The average Bonchev–Trinajstić information content (AvgIpc) is 2.34. The fourth-order valence-electron chi connectivity index (χ4n) is 1.71. The van der Waals surface area contributed by atoms with E-state index in [0.29, 0.717) is 12.6 Å². The van der Waals surface area contributed by atoms with Crippen molar-refractivity contribution in [2.45, 2.75) is 52.5 Å². The molecule has 0 unspecified atom stereocenters. The number of rotatable bonds is 7. The Kier molecular flexibility index (Phi) is 6.91. The van der Waals surface area contributed by atoms with Crippen LogP contribution in [0.4, 0.5) is 0 Å². The molecule has 6 N–H and O–H groups in total. The standard InChI is InChI=1S/C13H25BN4O4/c1-12(2,3)6-9(14(21)22)17-11(20)13(4,5)18-10(19)8(16)7-15/h7,9,15-16,21-22H,6H2,1-5H3,(H,17,20)(H,18,19)/t9-/m0/s1. The molecule has 0 aliphatic rings. The fraction of sp³-hybridized carbons (Fsp3) is 0.692. The first-order valence-corrected chi connectivity index (χ1v) is 6.89. The summed E-state index contributed by atoms with van der Waals surface area (Å²) >= 11 is 0. The van der Waals surface area contributed by atoms with Gasteiger partial charge in [-0.2, -0.15) is 0 Å². The lowest BCUT2D eigenvalue weighted by Gasteiger charge is -2.31. The van der Waals surface area contributed by atoms with Crippen molar-refractivity contribution < 1.29 is 19.6 Å². The third kappa shape index (κ3) is 6.81. The Labute approximate surface area is 130 Å². The number of carbonyl (C=O) groups is 2. The van der Waals surface area contributed by atoms with E-state index in [1.807, 2.05) is 20.8 Å². The van der Waals surface area contributed by atoms with Crippen LogP contribution in [0.5, 0.6) is 0 Å². The first kappa shape index (κ1) is 20.3. The summed E-state index contributed by atoms with van der Waals surface area (Å²) in [7, 11) is -1.73. The second-order valence-corrected chi connectivity index (χ2v) is 6.90. The predicted molar refractivity (Wildman–Crippen MR) is 84.9 cm³/mol. The first-order valence-electron chi connectivity index (χ1n) is 6.89. The van der Waals surface area contributed by atoms with Crippen LogP contribution in [0.2, 0.25) is 0 Å². The van der Waals surface area contributed by atoms with Gasteiger partial charge in [0.25, 0.3) is 5.91 Å². The monoisotopic (exact) mass is 312 g/mol. The van der Waals surface area contributed by atoms with E-state index in [2.05, 4.69) is 10.6 Å². The molecule has 124 valence electrons. The molecule has 0 saturated heterocycles. The molecule has 1 atom stereocenters. The molecular formula is C13H25BN4O4. The summed E-state index contributed by atoms with van der Waals surface area (Å²) in [6.45, 7) is 8.54. The zero-order valence-electron chi connectivity index (χ0n) is 13.7. The van der Waals surface area contributed by atoms with Crippen LogP contribution >= 0.6 is 0 Å². The van der Waals surface area contributed by atoms with Crippen LogP contribution in [0.3, 0.4) is 0 Å². The van der Waals surface area contributed by atoms with Crippen LogP contribution < -0.4 is 10.6 Å². The number of carbonyl (C=O) groups excluding carboxylic acids is 2. The Bertz CT molecular complexity index is 457. The van der Waals surface area contributed by atoms with Crippen molar-refractivity contribution in [2.24, 2.45) is 5.41 Å². The molecule has 2 amide bonds. The maximum absolute atomic E-state index is 12.2. The molecule has 0 bridgehead atoms. The van der Waals surface area contributed by atoms with Crippen LogP contribution in [-0.2, 0) is 9.59 Å². The van der Waals surface area contributed by atoms with Crippen molar-refractivity contribution in [3.63, 3.8) is 0 Å². The van der Waals surface area contributed by atoms with Crippen molar-refractivity contribution in [2.75, 3.05) is 0 Å². The summed E-state index contributed by atoms with van der Waals surface area (Å²) in [6, 6.07) is 0. The van der Waals surface area contributed by atoms with E-state index in [9.17, 15) is 19.6 Å². The summed E-state index contributed by atoms with van der Waals surface area (Å²) < 4.78 is 0. The van der Waals surface area contributed by atoms with E-state index in [1.54, 1.807) is 0 Å². The highest BCUT2D eigenvalue weighted by Gasteiger charge is 2.36. The SMILES string of the molecule is CC(C)(C)C[C@H](NC(=O)C(C)(C)NC(=O)C(=N)C=N)B(O)O. The molecular weight excluding hydrogens is 287 g/mol. The van der Waals surface area contributed by atoms with E-state index in [0.717, 1.165) is 0 Å². The molecule has 0 rings (SSSR count). The van der Waals surface area contributed by atoms with E-state index < -0.39 is 36.1 Å². The normalized spacial score (nSPS) is 13.0. The van der Waals surface area contributed by atoms with Gasteiger partial charge in [0.05, 0.1) is 5.94 Å². The van der Waals surface area contributed by atoms with Crippen molar-refractivity contribution in [3.8, 4) is 0 Å². The predicted octanol–water partition coefficient (Wildman–Crippen LogP) is -0.516. The van der Waals surface area contributed by atoms with Crippen molar-refractivity contribution in [1.29, 1.82) is 10.8 Å². The summed E-state index contributed by atoms with van der Waals surface area (Å²) in [4.78, 5) is 23.8. The molecule has 0 heterocycles. The second-order valence-electron chi connectivity index (χ2n) is 6.90. The van der Waals surface area contributed by atoms with Gasteiger partial charge in [0, 0.05) is 6.21 Å². The van der Waals surface area contributed by atoms with Gasteiger partial charge in [0.1, 0.15) is 11.3 Å². The molecule has 0 aliphatic heterocycles. The van der Waals surface area contributed by atoms with Crippen molar-refractivity contribution in [1.82, 2.24) is 10.6 Å². The van der Waals surface area contributed by atoms with Gasteiger partial charge < -0.3 is 26.1 Å². The Hall–Kier alpha value is -1.74. The fourth-order valence-corrected chi connectivity index (χ4v) is 1.71. The summed E-state index contributed by atoms with van der Waals surface area (Å²) in [5, 5.41) is 37.7. The summed E-state index contributed by atoms with van der Waals surface area (Å²) in [5.41, 5.74) is -2.18. The summed E-state index contributed by atoms with van der Waals surface area (Å²) in [6.07, 6.45) is 0.903. The molecule has 0 aromatic carbocycles. The molecule has 0 fully saturated rings. The number of nitrogens with one attached hydrogen (secondary N) is 4. The number of hydrogen-bond donors (Lipinski definition) is 6. The minimum absolute atomic E-state index is 0.239. The highest BCUT2D eigenvalue weighted by molar-refractivity contribution is 6.59. The molecule has 0 spiro atoms. The van der Waals surface area contributed by atoms with Gasteiger partial charge in [-0.1, -0.05) is 20.8 Å². The third-order valence-electron chi connectivity index (χ3n) is 2.89. The molecule has 0 aromatic rings. The van der Waals surface area contributed by atoms with Crippen LogP contribution in [0.1, 0.15) is 41.0 Å². The van der Waals surface area contributed by atoms with Crippen LogP contribution in [-0.4, -0.2) is 52.4 Å². The lowest BCUT2D eigenvalue weighted by molar-refractivity contribution is -0.130. The van der Waals surface area contributed by atoms with Gasteiger partial charge in [0.15, 0.2) is 0 Å². The molecule has 0 aromatic heterocycles. The minimum Gasteiger partial charge on any atom is -0.426 e. The van der Waals surface area contributed by atoms with Crippen molar-refractivity contribution in [3.05, 3.63) is 0 Å². The molecule has 0 aliphatic carbocycles. The maximum atomic E-state index is 12.2. The minimum atomic E-state index is -1.73. The van der Waals surface area contributed by atoms with Crippen LogP contribution in [0, 0.1) is 16.2 Å². The molecule has 9 heteroatoms. The third-order valence-corrected chi connectivity index (χ3v) is 2.89. The lowest BCUT2D eigenvalue weighted by Crippen LogP contribution is -2.60. The zero-order valence-corrected chi connectivity index (χ0v) is 13.7. The Morgan fingerprint density at radius 2 is 1.73 bits per heavy atom.